The Balaban J connectivity index is 3.75. The molecule has 0 aromatic heterocycles. The highest BCUT2D eigenvalue weighted by Crippen LogP contribution is 2.10. The normalized spacial score (nSPS) is 20.1. The van der Waals surface area contributed by atoms with Crippen molar-refractivity contribution in [2.24, 2.45) is 5.92 Å². The molecule has 0 aromatic carbocycles. The van der Waals surface area contributed by atoms with Crippen molar-refractivity contribution in [1.29, 1.82) is 0 Å². The van der Waals surface area contributed by atoms with E-state index in [9.17, 15) is 0 Å². The lowest BCUT2D eigenvalue weighted by molar-refractivity contribution is 0.0839. The zero-order valence-electron chi connectivity index (χ0n) is 10.6. The van der Waals surface area contributed by atoms with Gasteiger partial charge in [-0.3, -0.25) is 0 Å². The summed E-state index contributed by atoms with van der Waals surface area (Å²) in [5.41, 5.74) is 0. The van der Waals surface area contributed by atoms with Crippen molar-refractivity contribution in [3.63, 3.8) is 0 Å². The van der Waals surface area contributed by atoms with Crippen LogP contribution in [0.4, 0.5) is 0 Å². The third-order valence-corrected chi connectivity index (χ3v) is 3.08. The lowest BCUT2D eigenvalue weighted by Gasteiger charge is -2.25. The topological polar surface area (TPSA) is 21.3 Å². The molecule has 2 heteroatoms. The summed E-state index contributed by atoms with van der Waals surface area (Å²) in [6, 6.07) is 1.01. The SMILES string of the molecule is CCC(C)CC(C)NC(C)C(C)OC. The first-order valence-electron chi connectivity index (χ1n) is 5.80. The summed E-state index contributed by atoms with van der Waals surface area (Å²) in [6.45, 7) is 11.1. The van der Waals surface area contributed by atoms with Crippen LogP contribution < -0.4 is 5.32 Å². The van der Waals surface area contributed by atoms with Crippen LogP contribution in [0.3, 0.4) is 0 Å². The zero-order chi connectivity index (χ0) is 11.1. The van der Waals surface area contributed by atoms with E-state index in [0.29, 0.717) is 12.1 Å². The quantitative estimate of drug-likeness (QED) is 0.684. The van der Waals surface area contributed by atoms with E-state index in [0.717, 1.165) is 5.92 Å². The molecule has 2 nitrogen and oxygen atoms in total. The van der Waals surface area contributed by atoms with Crippen molar-refractivity contribution in [3.05, 3.63) is 0 Å². The summed E-state index contributed by atoms with van der Waals surface area (Å²) < 4.78 is 5.28. The van der Waals surface area contributed by atoms with Crippen LogP contribution >= 0.6 is 0 Å². The Morgan fingerprint density at radius 2 is 1.71 bits per heavy atom. The van der Waals surface area contributed by atoms with Crippen LogP contribution in [0.15, 0.2) is 0 Å². The van der Waals surface area contributed by atoms with E-state index in [1.165, 1.54) is 12.8 Å². The first-order valence-corrected chi connectivity index (χ1v) is 5.80. The second-order valence-electron chi connectivity index (χ2n) is 4.55. The summed E-state index contributed by atoms with van der Waals surface area (Å²) in [5, 5.41) is 3.57. The first-order chi connectivity index (χ1) is 6.51. The minimum atomic E-state index is 0.286. The molecule has 0 fully saturated rings. The molecule has 0 aliphatic heterocycles. The third-order valence-electron chi connectivity index (χ3n) is 3.08. The van der Waals surface area contributed by atoms with Gasteiger partial charge in [-0.15, -0.1) is 0 Å². The molecule has 0 saturated heterocycles. The monoisotopic (exact) mass is 201 g/mol. The van der Waals surface area contributed by atoms with Crippen LogP contribution in [0.5, 0.6) is 0 Å². The van der Waals surface area contributed by atoms with Gasteiger partial charge in [0.15, 0.2) is 0 Å². The summed E-state index contributed by atoms with van der Waals surface area (Å²) in [4.78, 5) is 0. The van der Waals surface area contributed by atoms with Gasteiger partial charge in [-0.25, -0.2) is 0 Å². The Morgan fingerprint density at radius 3 is 2.14 bits per heavy atom. The minimum Gasteiger partial charge on any atom is -0.380 e. The third kappa shape index (κ3) is 5.61. The Morgan fingerprint density at radius 1 is 1.14 bits per heavy atom. The largest absolute Gasteiger partial charge is 0.380 e. The number of hydrogen-bond donors (Lipinski definition) is 1. The van der Waals surface area contributed by atoms with Crippen molar-refractivity contribution < 1.29 is 4.74 Å². The fourth-order valence-electron chi connectivity index (χ4n) is 1.63. The van der Waals surface area contributed by atoms with Gasteiger partial charge in [0.05, 0.1) is 6.10 Å². The Bertz CT molecular complexity index is 138. The summed E-state index contributed by atoms with van der Waals surface area (Å²) in [7, 11) is 1.77. The van der Waals surface area contributed by atoms with Crippen molar-refractivity contribution in [3.8, 4) is 0 Å². The van der Waals surface area contributed by atoms with E-state index in [4.69, 9.17) is 4.74 Å². The molecule has 0 aromatic rings. The van der Waals surface area contributed by atoms with E-state index in [-0.39, 0.29) is 6.10 Å². The highest BCUT2D eigenvalue weighted by Gasteiger charge is 2.14. The standard InChI is InChI=1S/C12H27NO/c1-7-9(2)8-10(3)13-11(4)12(5)14-6/h9-13H,7-8H2,1-6H3. The smallest absolute Gasteiger partial charge is 0.0693 e. The number of nitrogens with one attached hydrogen (secondary N) is 1. The fourth-order valence-corrected chi connectivity index (χ4v) is 1.63. The van der Waals surface area contributed by atoms with Crippen LogP contribution in [-0.2, 0) is 4.74 Å². The Hall–Kier alpha value is -0.0800. The highest BCUT2D eigenvalue weighted by molar-refractivity contribution is 4.73. The first kappa shape index (κ1) is 13.9. The molecular weight excluding hydrogens is 174 g/mol. The molecule has 0 spiro atoms. The molecule has 0 aliphatic rings. The molecule has 0 heterocycles. The van der Waals surface area contributed by atoms with Crippen LogP contribution in [0.2, 0.25) is 0 Å². The predicted octanol–water partition coefficient (Wildman–Crippen LogP) is 2.82. The molecule has 0 rings (SSSR count). The lowest BCUT2D eigenvalue weighted by Crippen LogP contribution is -2.42. The summed E-state index contributed by atoms with van der Waals surface area (Å²) >= 11 is 0. The van der Waals surface area contributed by atoms with Gasteiger partial charge < -0.3 is 10.1 Å². The van der Waals surface area contributed by atoms with E-state index >= 15 is 0 Å². The van der Waals surface area contributed by atoms with E-state index in [2.05, 4.69) is 39.9 Å². The van der Waals surface area contributed by atoms with Crippen LogP contribution in [0.1, 0.15) is 47.5 Å². The maximum absolute atomic E-state index is 5.28. The molecule has 0 aliphatic carbocycles. The number of rotatable bonds is 7. The van der Waals surface area contributed by atoms with Crippen molar-refractivity contribution >= 4 is 0 Å². The van der Waals surface area contributed by atoms with Gasteiger partial charge in [0.25, 0.3) is 0 Å². The molecule has 0 bridgehead atoms. The molecule has 86 valence electrons. The van der Waals surface area contributed by atoms with Gasteiger partial charge in [-0.2, -0.15) is 0 Å². The van der Waals surface area contributed by atoms with Gasteiger partial charge >= 0.3 is 0 Å². The van der Waals surface area contributed by atoms with Crippen molar-refractivity contribution in [2.45, 2.75) is 65.6 Å². The van der Waals surface area contributed by atoms with Crippen LogP contribution in [-0.4, -0.2) is 25.3 Å². The molecule has 4 atom stereocenters. The molecule has 0 radical (unpaired) electrons. The minimum absolute atomic E-state index is 0.286. The molecule has 1 N–H and O–H groups in total. The Labute approximate surface area is 89.4 Å². The van der Waals surface area contributed by atoms with Crippen molar-refractivity contribution in [1.82, 2.24) is 5.32 Å². The van der Waals surface area contributed by atoms with Gasteiger partial charge in [0.1, 0.15) is 0 Å². The molecule has 4 unspecified atom stereocenters. The van der Waals surface area contributed by atoms with Gasteiger partial charge in [0, 0.05) is 19.2 Å². The van der Waals surface area contributed by atoms with Gasteiger partial charge in [0.2, 0.25) is 0 Å². The van der Waals surface area contributed by atoms with E-state index in [1.807, 2.05) is 0 Å². The molecular formula is C12H27NO. The maximum atomic E-state index is 5.28. The fraction of sp³-hybridized carbons (Fsp3) is 1.00. The Kier molecular flexibility index (Phi) is 7.20. The average molecular weight is 201 g/mol. The van der Waals surface area contributed by atoms with Crippen LogP contribution in [0, 0.1) is 5.92 Å². The summed E-state index contributed by atoms with van der Waals surface area (Å²) in [5.74, 6) is 0.808. The number of hydrogen-bond acceptors (Lipinski definition) is 2. The van der Waals surface area contributed by atoms with E-state index in [1.54, 1.807) is 7.11 Å². The average Bonchev–Trinajstić information content (AvgIpc) is 2.15. The second kappa shape index (κ2) is 7.24. The van der Waals surface area contributed by atoms with Gasteiger partial charge in [-0.1, -0.05) is 20.3 Å². The summed E-state index contributed by atoms with van der Waals surface area (Å²) in [6.07, 6.45) is 2.80. The maximum Gasteiger partial charge on any atom is 0.0693 e. The number of methoxy groups -OCH3 is 1. The molecule has 0 amide bonds. The van der Waals surface area contributed by atoms with Crippen LogP contribution in [0.25, 0.3) is 0 Å². The highest BCUT2D eigenvalue weighted by atomic mass is 16.5. The van der Waals surface area contributed by atoms with Gasteiger partial charge in [-0.05, 0) is 33.1 Å². The second-order valence-corrected chi connectivity index (χ2v) is 4.55. The predicted molar refractivity (Wildman–Crippen MR) is 62.6 cm³/mol. The number of ether oxygens (including phenoxy) is 1. The molecule has 14 heavy (non-hydrogen) atoms. The molecule has 0 saturated carbocycles. The lowest BCUT2D eigenvalue weighted by atomic mass is 9.99. The van der Waals surface area contributed by atoms with Crippen molar-refractivity contribution in [2.75, 3.05) is 7.11 Å². The van der Waals surface area contributed by atoms with E-state index < -0.39 is 0 Å². The zero-order valence-corrected chi connectivity index (χ0v) is 10.6.